The van der Waals surface area contributed by atoms with Crippen LogP contribution in [0.5, 0.6) is 11.5 Å². The normalized spacial score (nSPS) is 16.1. The molecule has 0 unspecified atom stereocenters. The van der Waals surface area contributed by atoms with Gasteiger partial charge in [-0.25, -0.2) is 0 Å². The molecule has 3 rings (SSSR count). The van der Waals surface area contributed by atoms with Crippen molar-refractivity contribution in [3.05, 3.63) is 59.2 Å². The summed E-state index contributed by atoms with van der Waals surface area (Å²) >= 11 is 0. The number of methoxy groups -OCH3 is 1. The highest BCUT2D eigenvalue weighted by atomic mass is 16.5. The summed E-state index contributed by atoms with van der Waals surface area (Å²) in [4.78, 5) is 12.3. The number of nitrogens with one attached hydrogen (secondary N) is 1. The maximum atomic E-state index is 12.3. The summed E-state index contributed by atoms with van der Waals surface area (Å²) in [5.41, 5.74) is 3.26. The molecular weight excluding hydrogens is 314 g/mol. The van der Waals surface area contributed by atoms with Gasteiger partial charge >= 0.3 is 0 Å². The van der Waals surface area contributed by atoms with E-state index in [0.717, 1.165) is 17.9 Å². The number of fused-ring (bicyclic) bond motifs is 1. The van der Waals surface area contributed by atoms with Gasteiger partial charge in [0.25, 0.3) is 5.91 Å². The third-order valence-corrected chi connectivity index (χ3v) is 4.51. The Kier molecular flexibility index (Phi) is 4.71. The van der Waals surface area contributed by atoms with Crippen LogP contribution in [0, 0.1) is 0 Å². The van der Waals surface area contributed by atoms with E-state index < -0.39 is 0 Å². The lowest BCUT2D eigenvalue weighted by Crippen LogP contribution is -2.34. The molecule has 2 aromatic rings. The average Bonchev–Trinajstić information content (AvgIpc) is 3.01. The molecule has 0 bridgehead atoms. The fourth-order valence-corrected chi connectivity index (χ4v) is 2.95. The number of carbonyl (C=O) groups excluding carboxylic acids is 1. The zero-order valence-electron chi connectivity index (χ0n) is 15.3. The zero-order chi connectivity index (χ0) is 18.0. The number of rotatable bonds is 4. The largest absolute Gasteiger partial charge is 0.497 e. The van der Waals surface area contributed by atoms with Gasteiger partial charge in [0.05, 0.1) is 13.7 Å². The molecule has 0 fully saturated rings. The van der Waals surface area contributed by atoms with Crippen molar-refractivity contribution < 1.29 is 14.3 Å². The van der Waals surface area contributed by atoms with Gasteiger partial charge in [0.1, 0.15) is 17.6 Å². The molecule has 0 aromatic heterocycles. The molecule has 132 valence electrons. The first-order valence-corrected chi connectivity index (χ1v) is 8.59. The minimum absolute atomic E-state index is 0.0209. The monoisotopic (exact) mass is 339 g/mol. The first-order valence-electron chi connectivity index (χ1n) is 8.59. The van der Waals surface area contributed by atoms with Crippen LogP contribution in [-0.2, 0) is 11.8 Å². The molecule has 0 spiro atoms. The van der Waals surface area contributed by atoms with Gasteiger partial charge in [-0.05, 0) is 46.9 Å². The van der Waals surface area contributed by atoms with Gasteiger partial charge in [-0.1, -0.05) is 32.9 Å². The van der Waals surface area contributed by atoms with E-state index in [2.05, 4.69) is 38.2 Å². The summed E-state index contributed by atoms with van der Waals surface area (Å²) in [6, 6.07) is 13.5. The molecule has 1 N–H and O–H groups in total. The smallest absolute Gasteiger partial charge is 0.251 e. The second-order valence-electron chi connectivity index (χ2n) is 7.46. The Morgan fingerprint density at radius 3 is 2.56 bits per heavy atom. The van der Waals surface area contributed by atoms with Crippen LogP contribution in [0.2, 0.25) is 0 Å². The van der Waals surface area contributed by atoms with E-state index in [9.17, 15) is 4.79 Å². The van der Waals surface area contributed by atoms with Gasteiger partial charge in [-0.3, -0.25) is 4.79 Å². The Bertz CT molecular complexity index is 760. The number of hydrogen-bond acceptors (Lipinski definition) is 3. The van der Waals surface area contributed by atoms with E-state index >= 15 is 0 Å². The summed E-state index contributed by atoms with van der Waals surface area (Å²) in [7, 11) is 1.61. The lowest BCUT2D eigenvalue weighted by Gasteiger charge is -2.19. The highest BCUT2D eigenvalue weighted by molar-refractivity contribution is 5.94. The fraction of sp³-hybridized carbons (Fsp3) is 0.381. The Morgan fingerprint density at radius 1 is 1.20 bits per heavy atom. The van der Waals surface area contributed by atoms with Crippen molar-refractivity contribution in [3.8, 4) is 11.5 Å². The summed E-state index contributed by atoms with van der Waals surface area (Å²) in [5.74, 6) is 1.56. The molecule has 0 aliphatic carbocycles. The number of amides is 1. The summed E-state index contributed by atoms with van der Waals surface area (Å²) in [6.07, 6.45) is 0.801. The quantitative estimate of drug-likeness (QED) is 0.923. The lowest BCUT2D eigenvalue weighted by atomic mass is 9.86. The van der Waals surface area contributed by atoms with Gasteiger partial charge in [0, 0.05) is 12.0 Å². The molecule has 4 nitrogen and oxygen atoms in total. The van der Waals surface area contributed by atoms with Gasteiger partial charge in [-0.15, -0.1) is 0 Å². The van der Waals surface area contributed by atoms with Gasteiger partial charge < -0.3 is 14.8 Å². The molecule has 1 heterocycles. The van der Waals surface area contributed by atoms with Crippen molar-refractivity contribution in [2.45, 2.75) is 38.7 Å². The number of ether oxygens (including phenoxy) is 2. The second kappa shape index (κ2) is 6.79. The fourth-order valence-electron chi connectivity index (χ4n) is 2.95. The van der Waals surface area contributed by atoms with Gasteiger partial charge in [-0.2, -0.15) is 0 Å². The summed E-state index contributed by atoms with van der Waals surface area (Å²) < 4.78 is 11.1. The minimum atomic E-state index is -0.0995. The van der Waals surface area contributed by atoms with Gasteiger partial charge in [0.2, 0.25) is 0 Å². The third kappa shape index (κ3) is 3.95. The highest BCUT2D eigenvalue weighted by Crippen LogP contribution is 2.33. The second-order valence-corrected chi connectivity index (χ2v) is 7.46. The van der Waals surface area contributed by atoms with Crippen molar-refractivity contribution in [3.63, 3.8) is 0 Å². The van der Waals surface area contributed by atoms with Crippen LogP contribution >= 0.6 is 0 Å². The van der Waals surface area contributed by atoms with E-state index in [1.165, 1.54) is 11.1 Å². The van der Waals surface area contributed by atoms with Gasteiger partial charge in [0.15, 0.2) is 0 Å². The standard InChI is InChI=1S/C21H25NO3/c1-21(2,3)16-7-10-19-15(11-16)12-18(25-19)13-22-20(23)14-5-8-17(24-4)9-6-14/h5-11,18H,12-13H2,1-4H3,(H,22,23)/t18-/m0/s1. The van der Waals surface area contributed by atoms with E-state index in [0.29, 0.717) is 12.1 Å². The maximum Gasteiger partial charge on any atom is 0.251 e. The van der Waals surface area contributed by atoms with Crippen molar-refractivity contribution in [2.24, 2.45) is 0 Å². The van der Waals surface area contributed by atoms with Crippen LogP contribution in [0.1, 0.15) is 42.3 Å². The molecule has 1 amide bonds. The van der Waals surface area contributed by atoms with Crippen molar-refractivity contribution >= 4 is 5.91 Å². The Balaban J connectivity index is 1.58. The molecular formula is C21H25NO3. The SMILES string of the molecule is COc1ccc(C(=O)NC[C@@H]2Cc3cc(C(C)(C)C)ccc3O2)cc1. The van der Waals surface area contributed by atoms with E-state index in [4.69, 9.17) is 9.47 Å². The first-order chi connectivity index (χ1) is 11.9. The molecule has 0 radical (unpaired) electrons. The number of carbonyl (C=O) groups is 1. The van der Waals surface area contributed by atoms with Crippen molar-refractivity contribution in [1.82, 2.24) is 5.32 Å². The van der Waals surface area contributed by atoms with Crippen LogP contribution in [0.25, 0.3) is 0 Å². The molecule has 1 aliphatic heterocycles. The van der Waals surface area contributed by atoms with Crippen molar-refractivity contribution in [1.29, 1.82) is 0 Å². The Hall–Kier alpha value is -2.49. The zero-order valence-corrected chi connectivity index (χ0v) is 15.3. The Morgan fingerprint density at radius 2 is 1.92 bits per heavy atom. The molecule has 0 saturated carbocycles. The van der Waals surface area contributed by atoms with E-state index in [1.54, 1.807) is 31.4 Å². The topological polar surface area (TPSA) is 47.6 Å². The van der Waals surface area contributed by atoms with E-state index in [-0.39, 0.29) is 17.4 Å². The van der Waals surface area contributed by atoms with Crippen LogP contribution in [-0.4, -0.2) is 25.7 Å². The summed E-state index contributed by atoms with van der Waals surface area (Å²) in [6.45, 7) is 7.11. The maximum absolute atomic E-state index is 12.3. The van der Waals surface area contributed by atoms with Crippen LogP contribution in [0.3, 0.4) is 0 Å². The Labute approximate surface area is 149 Å². The molecule has 2 aromatic carbocycles. The molecule has 25 heavy (non-hydrogen) atoms. The summed E-state index contributed by atoms with van der Waals surface area (Å²) in [5, 5.41) is 2.95. The van der Waals surface area contributed by atoms with Crippen LogP contribution < -0.4 is 14.8 Å². The van der Waals surface area contributed by atoms with Crippen LogP contribution in [0.15, 0.2) is 42.5 Å². The predicted molar refractivity (Wildman–Crippen MR) is 98.6 cm³/mol. The highest BCUT2D eigenvalue weighted by Gasteiger charge is 2.25. The average molecular weight is 339 g/mol. The molecule has 0 saturated heterocycles. The van der Waals surface area contributed by atoms with Crippen molar-refractivity contribution in [2.75, 3.05) is 13.7 Å². The minimum Gasteiger partial charge on any atom is -0.497 e. The van der Waals surface area contributed by atoms with Crippen LogP contribution in [0.4, 0.5) is 0 Å². The first kappa shape index (κ1) is 17.3. The molecule has 1 atom stereocenters. The predicted octanol–water partition coefficient (Wildman–Crippen LogP) is 3.73. The lowest BCUT2D eigenvalue weighted by molar-refractivity contribution is 0.0933. The molecule has 1 aliphatic rings. The molecule has 4 heteroatoms. The third-order valence-electron chi connectivity index (χ3n) is 4.51. The van der Waals surface area contributed by atoms with E-state index in [1.807, 2.05) is 6.07 Å². The number of benzene rings is 2. The number of hydrogen-bond donors (Lipinski definition) is 1.